The van der Waals surface area contributed by atoms with Crippen molar-refractivity contribution in [3.63, 3.8) is 0 Å². The second kappa shape index (κ2) is 8.66. The Morgan fingerprint density at radius 3 is 2.56 bits per heavy atom. The van der Waals surface area contributed by atoms with Crippen LogP contribution in [0.2, 0.25) is 0 Å². The van der Waals surface area contributed by atoms with Crippen LogP contribution in [0.5, 0.6) is 5.75 Å². The van der Waals surface area contributed by atoms with Gasteiger partial charge in [0.15, 0.2) is 0 Å². The summed E-state index contributed by atoms with van der Waals surface area (Å²) in [7, 11) is 0. The Kier molecular flexibility index (Phi) is 6.06. The lowest BCUT2D eigenvalue weighted by atomic mass is 9.99. The molecule has 2 heterocycles. The van der Waals surface area contributed by atoms with E-state index in [1.807, 2.05) is 11.8 Å². The molecule has 1 aromatic carbocycles. The van der Waals surface area contributed by atoms with E-state index in [2.05, 4.69) is 17.2 Å². The first-order chi connectivity index (χ1) is 13.1. The number of ether oxygens (including phenoxy) is 1. The van der Waals surface area contributed by atoms with Crippen LogP contribution in [-0.4, -0.2) is 41.4 Å². The Hall–Kier alpha value is -2.89. The van der Waals surface area contributed by atoms with Crippen molar-refractivity contribution in [2.45, 2.75) is 26.7 Å². The summed E-state index contributed by atoms with van der Waals surface area (Å²) >= 11 is 0. The quantitative estimate of drug-likeness (QED) is 0.876. The molecule has 2 amide bonds. The third-order valence-corrected chi connectivity index (χ3v) is 4.74. The molecule has 0 unspecified atom stereocenters. The van der Waals surface area contributed by atoms with Crippen molar-refractivity contribution in [3.8, 4) is 5.75 Å². The van der Waals surface area contributed by atoms with Gasteiger partial charge in [-0.15, -0.1) is 0 Å². The molecular weight excluding hydrogens is 342 g/mol. The number of hydrogen-bond donors (Lipinski definition) is 1. The van der Waals surface area contributed by atoms with Crippen molar-refractivity contribution in [1.82, 2.24) is 9.88 Å². The maximum atomic E-state index is 12.7. The summed E-state index contributed by atoms with van der Waals surface area (Å²) in [6.07, 6.45) is 3.51. The van der Waals surface area contributed by atoms with Crippen LogP contribution in [0.1, 0.15) is 47.5 Å². The zero-order chi connectivity index (χ0) is 19.2. The number of aromatic nitrogens is 1. The predicted molar refractivity (Wildman–Crippen MR) is 104 cm³/mol. The summed E-state index contributed by atoms with van der Waals surface area (Å²) in [4.78, 5) is 31.2. The Balaban J connectivity index is 1.67. The van der Waals surface area contributed by atoms with E-state index in [0.29, 0.717) is 29.5 Å². The molecule has 142 valence electrons. The van der Waals surface area contributed by atoms with Crippen LogP contribution in [-0.2, 0) is 0 Å². The predicted octanol–water partition coefficient (Wildman–Crippen LogP) is 3.60. The SMILES string of the molecule is CCOc1ccc(NC(=O)c2ccnc(C(=O)N3CCC(C)CC3)c2)cc1. The van der Waals surface area contributed by atoms with E-state index in [-0.39, 0.29) is 11.8 Å². The number of likely N-dealkylation sites (tertiary alicyclic amines) is 1. The molecule has 6 nitrogen and oxygen atoms in total. The van der Waals surface area contributed by atoms with Crippen molar-refractivity contribution >= 4 is 17.5 Å². The topological polar surface area (TPSA) is 71.5 Å². The molecule has 1 aliphatic heterocycles. The number of pyridine rings is 1. The number of piperidine rings is 1. The molecule has 1 aliphatic rings. The molecule has 6 heteroatoms. The number of anilines is 1. The minimum Gasteiger partial charge on any atom is -0.494 e. The first-order valence-electron chi connectivity index (χ1n) is 9.36. The molecule has 1 aromatic heterocycles. The van der Waals surface area contributed by atoms with Crippen molar-refractivity contribution in [2.24, 2.45) is 5.92 Å². The lowest BCUT2D eigenvalue weighted by Gasteiger charge is -2.30. The third-order valence-electron chi connectivity index (χ3n) is 4.74. The van der Waals surface area contributed by atoms with Gasteiger partial charge in [-0.25, -0.2) is 0 Å². The van der Waals surface area contributed by atoms with E-state index in [4.69, 9.17) is 4.74 Å². The van der Waals surface area contributed by atoms with E-state index in [9.17, 15) is 9.59 Å². The number of amides is 2. The van der Waals surface area contributed by atoms with Gasteiger partial charge in [0, 0.05) is 30.5 Å². The van der Waals surface area contributed by atoms with Gasteiger partial charge in [0.1, 0.15) is 11.4 Å². The van der Waals surface area contributed by atoms with Crippen LogP contribution in [0.4, 0.5) is 5.69 Å². The van der Waals surface area contributed by atoms with Crippen LogP contribution < -0.4 is 10.1 Å². The molecule has 2 aromatic rings. The lowest BCUT2D eigenvalue weighted by Crippen LogP contribution is -2.38. The van der Waals surface area contributed by atoms with Gasteiger partial charge in [0.05, 0.1) is 6.61 Å². The zero-order valence-corrected chi connectivity index (χ0v) is 15.8. The summed E-state index contributed by atoms with van der Waals surface area (Å²) in [5.74, 6) is 1.01. The lowest BCUT2D eigenvalue weighted by molar-refractivity contribution is 0.0691. The summed E-state index contributed by atoms with van der Waals surface area (Å²) in [6, 6.07) is 10.3. The van der Waals surface area contributed by atoms with Gasteiger partial charge in [-0.3, -0.25) is 14.6 Å². The Morgan fingerprint density at radius 2 is 1.89 bits per heavy atom. The Labute approximate surface area is 159 Å². The maximum absolute atomic E-state index is 12.7. The maximum Gasteiger partial charge on any atom is 0.272 e. The molecule has 1 saturated heterocycles. The molecule has 27 heavy (non-hydrogen) atoms. The van der Waals surface area contributed by atoms with E-state index < -0.39 is 0 Å². The zero-order valence-electron chi connectivity index (χ0n) is 15.8. The Bertz CT molecular complexity index is 797. The third kappa shape index (κ3) is 4.84. The molecule has 0 saturated carbocycles. The fraction of sp³-hybridized carbons (Fsp3) is 0.381. The largest absolute Gasteiger partial charge is 0.494 e. The number of hydrogen-bond acceptors (Lipinski definition) is 4. The number of nitrogens with one attached hydrogen (secondary N) is 1. The van der Waals surface area contributed by atoms with Gasteiger partial charge in [-0.1, -0.05) is 6.92 Å². The molecule has 0 atom stereocenters. The van der Waals surface area contributed by atoms with E-state index >= 15 is 0 Å². The number of carbonyl (C=O) groups is 2. The van der Waals surface area contributed by atoms with Crippen molar-refractivity contribution < 1.29 is 14.3 Å². The van der Waals surface area contributed by atoms with Crippen molar-refractivity contribution in [1.29, 1.82) is 0 Å². The summed E-state index contributed by atoms with van der Waals surface area (Å²) in [5.41, 5.74) is 1.38. The first kappa shape index (κ1) is 18.9. The summed E-state index contributed by atoms with van der Waals surface area (Å²) < 4.78 is 5.39. The van der Waals surface area contributed by atoms with Crippen molar-refractivity contribution in [3.05, 3.63) is 53.9 Å². The molecule has 0 radical (unpaired) electrons. The van der Waals surface area contributed by atoms with Gasteiger partial charge in [0.2, 0.25) is 0 Å². The minimum atomic E-state index is -0.275. The average Bonchev–Trinajstić information content (AvgIpc) is 2.70. The van der Waals surface area contributed by atoms with E-state index in [1.165, 1.54) is 6.20 Å². The highest BCUT2D eigenvalue weighted by Gasteiger charge is 2.23. The van der Waals surface area contributed by atoms with Crippen LogP contribution in [0.15, 0.2) is 42.6 Å². The standard InChI is InChI=1S/C21H25N3O3/c1-3-27-18-6-4-17(5-7-18)23-20(25)16-8-11-22-19(14-16)21(26)24-12-9-15(2)10-13-24/h4-8,11,14-15H,3,9-10,12-13H2,1-2H3,(H,23,25). The molecule has 1 fully saturated rings. The number of benzene rings is 1. The normalized spacial score (nSPS) is 14.7. The Morgan fingerprint density at radius 1 is 1.19 bits per heavy atom. The highest BCUT2D eigenvalue weighted by Crippen LogP contribution is 2.19. The molecule has 1 N–H and O–H groups in total. The van der Waals surface area contributed by atoms with Gasteiger partial charge < -0.3 is 15.0 Å². The second-order valence-corrected chi connectivity index (χ2v) is 6.82. The molecule has 0 aliphatic carbocycles. The van der Waals surface area contributed by atoms with E-state index in [0.717, 1.165) is 31.7 Å². The fourth-order valence-corrected chi connectivity index (χ4v) is 3.07. The second-order valence-electron chi connectivity index (χ2n) is 6.82. The highest BCUT2D eigenvalue weighted by molar-refractivity contribution is 6.05. The molecule has 0 spiro atoms. The molecule has 3 rings (SSSR count). The number of rotatable bonds is 5. The van der Waals surface area contributed by atoms with Crippen LogP contribution >= 0.6 is 0 Å². The average molecular weight is 367 g/mol. The summed E-state index contributed by atoms with van der Waals surface area (Å²) in [6.45, 7) is 6.19. The fourth-order valence-electron chi connectivity index (χ4n) is 3.07. The molecule has 0 bridgehead atoms. The first-order valence-corrected chi connectivity index (χ1v) is 9.36. The van der Waals surface area contributed by atoms with Crippen LogP contribution in [0.3, 0.4) is 0 Å². The van der Waals surface area contributed by atoms with E-state index in [1.54, 1.807) is 36.4 Å². The highest BCUT2D eigenvalue weighted by atomic mass is 16.5. The molecular formula is C21H25N3O3. The van der Waals surface area contributed by atoms with Gasteiger partial charge in [-0.05, 0) is 62.1 Å². The van der Waals surface area contributed by atoms with Gasteiger partial charge >= 0.3 is 0 Å². The summed E-state index contributed by atoms with van der Waals surface area (Å²) in [5, 5.41) is 2.83. The number of nitrogens with zero attached hydrogens (tertiary/aromatic N) is 2. The minimum absolute atomic E-state index is 0.113. The van der Waals surface area contributed by atoms with Crippen LogP contribution in [0.25, 0.3) is 0 Å². The van der Waals surface area contributed by atoms with Crippen molar-refractivity contribution in [2.75, 3.05) is 25.0 Å². The van der Waals surface area contributed by atoms with Crippen LogP contribution in [0, 0.1) is 5.92 Å². The number of carbonyl (C=O) groups excluding carboxylic acids is 2. The monoisotopic (exact) mass is 367 g/mol. The van der Waals surface area contributed by atoms with Gasteiger partial charge in [-0.2, -0.15) is 0 Å². The smallest absolute Gasteiger partial charge is 0.272 e. The van der Waals surface area contributed by atoms with Gasteiger partial charge in [0.25, 0.3) is 11.8 Å².